The van der Waals surface area contributed by atoms with Gasteiger partial charge in [-0.25, -0.2) is 9.37 Å². The molecule has 0 saturated carbocycles. The minimum atomic E-state index is -0.208. The number of imidazole rings is 1. The lowest BCUT2D eigenvalue weighted by Gasteiger charge is -2.24. The molecule has 1 aromatic heterocycles. The third-order valence-corrected chi connectivity index (χ3v) is 3.72. The largest absolute Gasteiger partial charge is 0.379 e. The maximum Gasteiger partial charge on any atom is 0.148 e. The molecule has 0 fully saturated rings. The van der Waals surface area contributed by atoms with Gasteiger partial charge in [0.1, 0.15) is 5.82 Å². The molecule has 0 bridgehead atoms. The SMILES string of the molecule is CCn1cncc1CNc1ccc(N(C)C(C)C)c(F)c1. The van der Waals surface area contributed by atoms with Crippen molar-refractivity contribution in [2.45, 2.75) is 39.9 Å². The highest BCUT2D eigenvalue weighted by molar-refractivity contribution is 5.56. The van der Waals surface area contributed by atoms with Crippen molar-refractivity contribution in [1.29, 1.82) is 0 Å². The highest BCUT2D eigenvalue weighted by atomic mass is 19.1. The van der Waals surface area contributed by atoms with Gasteiger partial charge in [0.25, 0.3) is 0 Å². The summed E-state index contributed by atoms with van der Waals surface area (Å²) in [4.78, 5) is 6.04. The van der Waals surface area contributed by atoms with Crippen LogP contribution in [0.25, 0.3) is 0 Å². The number of aromatic nitrogens is 2. The van der Waals surface area contributed by atoms with Gasteiger partial charge in [-0.05, 0) is 39.0 Å². The molecule has 0 radical (unpaired) electrons. The summed E-state index contributed by atoms with van der Waals surface area (Å²) in [6, 6.07) is 5.52. The number of rotatable bonds is 6. The number of aryl methyl sites for hydroxylation is 1. The van der Waals surface area contributed by atoms with Gasteiger partial charge < -0.3 is 14.8 Å². The van der Waals surface area contributed by atoms with Crippen LogP contribution in [0.3, 0.4) is 0 Å². The van der Waals surface area contributed by atoms with Crippen molar-refractivity contribution in [1.82, 2.24) is 9.55 Å². The summed E-state index contributed by atoms with van der Waals surface area (Å²) in [5, 5.41) is 3.24. The molecule has 2 aromatic rings. The zero-order valence-electron chi connectivity index (χ0n) is 13.1. The molecule has 21 heavy (non-hydrogen) atoms. The molecule has 1 heterocycles. The molecule has 1 aromatic carbocycles. The molecule has 4 nitrogen and oxygen atoms in total. The first kappa shape index (κ1) is 15.4. The first-order valence-corrected chi connectivity index (χ1v) is 7.28. The van der Waals surface area contributed by atoms with E-state index in [0.717, 1.165) is 17.9 Å². The Bertz CT molecular complexity index is 592. The third kappa shape index (κ3) is 3.54. The summed E-state index contributed by atoms with van der Waals surface area (Å²) in [7, 11) is 1.90. The molecule has 2 rings (SSSR count). The van der Waals surface area contributed by atoms with Crippen LogP contribution in [0.5, 0.6) is 0 Å². The molecule has 5 heteroatoms. The molecule has 1 N–H and O–H groups in total. The van der Waals surface area contributed by atoms with Crippen molar-refractivity contribution < 1.29 is 4.39 Å². The maximum atomic E-state index is 14.2. The Morgan fingerprint density at radius 2 is 2.14 bits per heavy atom. The highest BCUT2D eigenvalue weighted by Crippen LogP contribution is 2.23. The van der Waals surface area contributed by atoms with Gasteiger partial charge in [-0.3, -0.25) is 0 Å². The lowest BCUT2D eigenvalue weighted by molar-refractivity contribution is 0.614. The summed E-state index contributed by atoms with van der Waals surface area (Å²) in [6.45, 7) is 7.66. The van der Waals surface area contributed by atoms with Crippen LogP contribution in [0, 0.1) is 5.82 Å². The second-order valence-corrected chi connectivity index (χ2v) is 5.40. The average molecular weight is 290 g/mol. The number of nitrogens with zero attached hydrogens (tertiary/aromatic N) is 3. The second-order valence-electron chi connectivity index (χ2n) is 5.40. The Morgan fingerprint density at radius 1 is 1.38 bits per heavy atom. The predicted octanol–water partition coefficient (Wildman–Crippen LogP) is 3.50. The summed E-state index contributed by atoms with van der Waals surface area (Å²) >= 11 is 0. The number of hydrogen-bond donors (Lipinski definition) is 1. The Balaban J connectivity index is 2.07. The lowest BCUT2D eigenvalue weighted by Crippen LogP contribution is -2.26. The average Bonchev–Trinajstić information content (AvgIpc) is 2.91. The standard InChI is InChI=1S/C16H23FN4/c1-5-21-11-18-9-14(21)10-19-13-6-7-16(15(17)8-13)20(4)12(2)3/h6-9,11-12,19H,5,10H2,1-4H3. The molecule has 0 atom stereocenters. The molecule has 0 aliphatic heterocycles. The smallest absolute Gasteiger partial charge is 0.148 e. The van der Waals surface area contributed by atoms with Gasteiger partial charge in [-0.1, -0.05) is 0 Å². The monoisotopic (exact) mass is 290 g/mol. The van der Waals surface area contributed by atoms with Gasteiger partial charge in [-0.2, -0.15) is 0 Å². The van der Waals surface area contributed by atoms with Crippen molar-refractivity contribution >= 4 is 11.4 Å². The van der Waals surface area contributed by atoms with Gasteiger partial charge >= 0.3 is 0 Å². The van der Waals surface area contributed by atoms with Gasteiger partial charge in [-0.15, -0.1) is 0 Å². The predicted molar refractivity (Wildman–Crippen MR) is 85.2 cm³/mol. The van der Waals surface area contributed by atoms with Gasteiger partial charge in [0.15, 0.2) is 0 Å². The van der Waals surface area contributed by atoms with E-state index in [2.05, 4.69) is 21.8 Å². The van der Waals surface area contributed by atoms with Crippen molar-refractivity contribution in [2.24, 2.45) is 0 Å². The van der Waals surface area contributed by atoms with Crippen LogP contribution < -0.4 is 10.2 Å². The van der Waals surface area contributed by atoms with Crippen molar-refractivity contribution in [3.63, 3.8) is 0 Å². The first-order valence-electron chi connectivity index (χ1n) is 7.28. The van der Waals surface area contributed by atoms with Gasteiger partial charge in [0.2, 0.25) is 0 Å². The highest BCUT2D eigenvalue weighted by Gasteiger charge is 2.11. The normalized spacial score (nSPS) is 11.0. The fourth-order valence-electron chi connectivity index (χ4n) is 2.15. The van der Waals surface area contributed by atoms with E-state index in [0.29, 0.717) is 12.2 Å². The molecule has 0 spiro atoms. The van der Waals surface area contributed by atoms with Gasteiger partial charge in [0.05, 0.1) is 24.3 Å². The van der Waals surface area contributed by atoms with Crippen LogP contribution in [0.15, 0.2) is 30.7 Å². The van der Waals surface area contributed by atoms with E-state index in [1.54, 1.807) is 12.4 Å². The molecule has 0 amide bonds. The molecule has 114 valence electrons. The maximum absolute atomic E-state index is 14.2. The molecule has 0 unspecified atom stereocenters. The van der Waals surface area contributed by atoms with Crippen LogP contribution in [-0.4, -0.2) is 22.6 Å². The van der Waals surface area contributed by atoms with Crippen LogP contribution in [0.1, 0.15) is 26.5 Å². The van der Waals surface area contributed by atoms with Crippen LogP contribution in [0.4, 0.5) is 15.8 Å². The Hall–Kier alpha value is -2.04. The van der Waals surface area contributed by atoms with E-state index >= 15 is 0 Å². The number of benzene rings is 1. The lowest BCUT2D eigenvalue weighted by atomic mass is 10.2. The Labute approximate surface area is 125 Å². The number of anilines is 2. The Morgan fingerprint density at radius 3 is 2.76 bits per heavy atom. The first-order chi connectivity index (χ1) is 10.0. The third-order valence-electron chi connectivity index (χ3n) is 3.72. The number of hydrogen-bond acceptors (Lipinski definition) is 3. The summed E-state index contributed by atoms with van der Waals surface area (Å²) in [5.41, 5.74) is 2.48. The van der Waals surface area contributed by atoms with E-state index in [4.69, 9.17) is 0 Å². The van der Waals surface area contributed by atoms with Gasteiger partial charge in [0, 0.05) is 31.5 Å². The van der Waals surface area contributed by atoms with E-state index in [1.807, 2.05) is 44.1 Å². The minimum Gasteiger partial charge on any atom is -0.379 e. The van der Waals surface area contributed by atoms with Crippen LogP contribution >= 0.6 is 0 Å². The van der Waals surface area contributed by atoms with Crippen LogP contribution in [-0.2, 0) is 13.1 Å². The summed E-state index contributed by atoms with van der Waals surface area (Å²) < 4.78 is 16.2. The van der Waals surface area contributed by atoms with E-state index in [9.17, 15) is 4.39 Å². The van der Waals surface area contributed by atoms with E-state index < -0.39 is 0 Å². The second kappa shape index (κ2) is 6.61. The summed E-state index contributed by atoms with van der Waals surface area (Å²) in [5.74, 6) is -0.208. The molecule has 0 aliphatic rings. The minimum absolute atomic E-state index is 0.208. The molecular weight excluding hydrogens is 267 g/mol. The fourth-order valence-corrected chi connectivity index (χ4v) is 2.15. The summed E-state index contributed by atoms with van der Waals surface area (Å²) in [6.07, 6.45) is 3.63. The van der Waals surface area contributed by atoms with Crippen molar-refractivity contribution in [3.05, 3.63) is 42.2 Å². The molecular formula is C16H23FN4. The zero-order valence-corrected chi connectivity index (χ0v) is 13.1. The zero-order chi connectivity index (χ0) is 15.4. The van der Waals surface area contributed by atoms with Crippen LogP contribution in [0.2, 0.25) is 0 Å². The van der Waals surface area contributed by atoms with Crippen molar-refractivity contribution in [2.75, 3.05) is 17.3 Å². The van der Waals surface area contributed by atoms with Crippen molar-refractivity contribution in [3.8, 4) is 0 Å². The number of halogens is 1. The van der Waals surface area contributed by atoms with E-state index in [1.165, 1.54) is 0 Å². The molecule has 0 saturated heterocycles. The molecule has 0 aliphatic carbocycles. The Kier molecular flexibility index (Phi) is 4.83. The van der Waals surface area contributed by atoms with E-state index in [-0.39, 0.29) is 11.9 Å². The number of nitrogens with one attached hydrogen (secondary N) is 1. The topological polar surface area (TPSA) is 33.1 Å². The quantitative estimate of drug-likeness (QED) is 0.884. The fraction of sp³-hybridized carbons (Fsp3) is 0.438.